The number of benzene rings is 2. The maximum absolute atomic E-state index is 11.8. The Bertz CT molecular complexity index is 855. The van der Waals surface area contributed by atoms with Gasteiger partial charge in [-0.15, -0.1) is 0 Å². The first kappa shape index (κ1) is 21.3. The molecular weight excluding hydrogens is 380 g/mol. The third-order valence-corrected chi connectivity index (χ3v) is 3.45. The van der Waals surface area contributed by atoms with Gasteiger partial charge in [0.15, 0.2) is 0 Å². The standard InChI is InChI=1S/C18H16N6O5/c19-23-21-15-5-1-13(2-6-15)17(25)28-11-9-27-10-12-29-18(26)14-3-7-16(8-4-14)22-24-20/h1-8H,9-12H2. The molecule has 29 heavy (non-hydrogen) atoms. The van der Waals surface area contributed by atoms with Crippen LogP contribution in [0.3, 0.4) is 0 Å². The van der Waals surface area contributed by atoms with Gasteiger partial charge in [0.1, 0.15) is 13.2 Å². The predicted molar refractivity (Wildman–Crippen MR) is 102 cm³/mol. The number of azide groups is 2. The van der Waals surface area contributed by atoms with E-state index < -0.39 is 11.9 Å². The Morgan fingerprint density at radius 2 is 1.07 bits per heavy atom. The van der Waals surface area contributed by atoms with E-state index >= 15 is 0 Å². The maximum Gasteiger partial charge on any atom is 0.338 e. The lowest BCUT2D eigenvalue weighted by Crippen LogP contribution is -2.14. The van der Waals surface area contributed by atoms with E-state index in [0.29, 0.717) is 22.5 Å². The molecule has 0 spiro atoms. The largest absolute Gasteiger partial charge is 0.460 e. The molecule has 0 saturated carbocycles. The van der Waals surface area contributed by atoms with E-state index in [0.717, 1.165) is 0 Å². The lowest BCUT2D eigenvalue weighted by molar-refractivity contribution is 0.0151. The first-order valence-corrected chi connectivity index (χ1v) is 8.36. The molecule has 0 radical (unpaired) electrons. The summed E-state index contributed by atoms with van der Waals surface area (Å²) in [4.78, 5) is 29.0. The second kappa shape index (κ2) is 11.6. The zero-order chi connectivity index (χ0) is 20.9. The Kier molecular flexibility index (Phi) is 8.52. The smallest absolute Gasteiger partial charge is 0.338 e. The number of esters is 2. The highest BCUT2D eigenvalue weighted by molar-refractivity contribution is 5.90. The van der Waals surface area contributed by atoms with Gasteiger partial charge in [0.25, 0.3) is 0 Å². The van der Waals surface area contributed by atoms with Crippen molar-refractivity contribution in [1.29, 1.82) is 0 Å². The minimum absolute atomic E-state index is 0.0335. The van der Waals surface area contributed by atoms with Gasteiger partial charge in [0.05, 0.1) is 24.3 Å². The third-order valence-electron chi connectivity index (χ3n) is 3.45. The van der Waals surface area contributed by atoms with E-state index in [1.807, 2.05) is 0 Å². The third kappa shape index (κ3) is 7.24. The van der Waals surface area contributed by atoms with E-state index in [2.05, 4.69) is 20.1 Å². The molecule has 0 aliphatic rings. The second-order valence-electron chi connectivity index (χ2n) is 5.36. The molecule has 0 aromatic heterocycles. The lowest BCUT2D eigenvalue weighted by atomic mass is 10.2. The molecule has 11 nitrogen and oxygen atoms in total. The van der Waals surface area contributed by atoms with Crippen molar-refractivity contribution in [2.45, 2.75) is 0 Å². The molecule has 148 valence electrons. The molecule has 0 saturated heterocycles. The molecule has 0 N–H and O–H groups in total. The SMILES string of the molecule is [N-]=[N+]=Nc1ccc(C(=O)OCCOCCOC(=O)c2ccc(N=[N+]=[N-])cc2)cc1. The Morgan fingerprint density at radius 1 is 0.690 bits per heavy atom. The van der Waals surface area contributed by atoms with Crippen molar-refractivity contribution < 1.29 is 23.8 Å². The molecule has 0 unspecified atom stereocenters. The minimum atomic E-state index is -0.531. The van der Waals surface area contributed by atoms with Crippen molar-refractivity contribution in [2.24, 2.45) is 10.2 Å². The van der Waals surface area contributed by atoms with E-state index in [1.54, 1.807) is 0 Å². The van der Waals surface area contributed by atoms with E-state index in [1.165, 1.54) is 48.5 Å². The summed E-state index contributed by atoms with van der Waals surface area (Å²) in [5, 5.41) is 6.82. The van der Waals surface area contributed by atoms with Gasteiger partial charge in [0.2, 0.25) is 0 Å². The van der Waals surface area contributed by atoms with Crippen LogP contribution in [0.1, 0.15) is 20.7 Å². The summed E-state index contributed by atoms with van der Waals surface area (Å²) >= 11 is 0. The topological polar surface area (TPSA) is 159 Å². The molecule has 2 aromatic carbocycles. The van der Waals surface area contributed by atoms with Gasteiger partial charge >= 0.3 is 11.9 Å². The second-order valence-corrected chi connectivity index (χ2v) is 5.36. The van der Waals surface area contributed by atoms with Crippen LogP contribution in [0, 0.1) is 0 Å². The number of nitrogens with zero attached hydrogens (tertiary/aromatic N) is 6. The number of ether oxygens (including phenoxy) is 3. The van der Waals surface area contributed by atoms with Gasteiger partial charge in [-0.25, -0.2) is 9.59 Å². The normalized spacial score (nSPS) is 9.66. The van der Waals surface area contributed by atoms with Crippen LogP contribution >= 0.6 is 0 Å². The van der Waals surface area contributed by atoms with Crippen LogP contribution in [0.5, 0.6) is 0 Å². The summed E-state index contributed by atoms with van der Waals surface area (Å²) in [6.45, 7) is 0.347. The van der Waals surface area contributed by atoms with Gasteiger partial charge in [-0.3, -0.25) is 0 Å². The van der Waals surface area contributed by atoms with Gasteiger partial charge < -0.3 is 14.2 Å². The molecular formula is C18H16N6O5. The van der Waals surface area contributed by atoms with E-state index in [9.17, 15) is 9.59 Å². The number of rotatable bonds is 10. The van der Waals surface area contributed by atoms with Crippen LogP contribution in [0.4, 0.5) is 11.4 Å². The first-order chi connectivity index (χ1) is 14.1. The highest BCUT2D eigenvalue weighted by atomic mass is 16.6. The average Bonchev–Trinajstić information content (AvgIpc) is 2.74. The Hall–Kier alpha value is -4.04. The van der Waals surface area contributed by atoms with Crippen molar-refractivity contribution in [3.63, 3.8) is 0 Å². The number of hydrogen-bond acceptors (Lipinski definition) is 7. The van der Waals surface area contributed by atoms with Gasteiger partial charge in [-0.05, 0) is 35.3 Å². The van der Waals surface area contributed by atoms with Crippen molar-refractivity contribution in [2.75, 3.05) is 26.4 Å². The van der Waals surface area contributed by atoms with Crippen molar-refractivity contribution in [1.82, 2.24) is 0 Å². The summed E-state index contributed by atoms with van der Waals surface area (Å²) in [5.74, 6) is -1.06. The van der Waals surface area contributed by atoms with Gasteiger partial charge in [0, 0.05) is 21.2 Å². The summed E-state index contributed by atoms with van der Waals surface area (Å²) < 4.78 is 15.3. The molecule has 0 atom stereocenters. The zero-order valence-corrected chi connectivity index (χ0v) is 15.2. The fraction of sp³-hybridized carbons (Fsp3) is 0.222. The number of hydrogen-bond donors (Lipinski definition) is 0. The van der Waals surface area contributed by atoms with Gasteiger partial charge in [-0.2, -0.15) is 0 Å². The Morgan fingerprint density at radius 3 is 1.41 bits per heavy atom. The van der Waals surface area contributed by atoms with Crippen LogP contribution in [0.15, 0.2) is 58.8 Å². The van der Waals surface area contributed by atoms with Crippen LogP contribution in [-0.4, -0.2) is 38.4 Å². The summed E-state index contributed by atoms with van der Waals surface area (Å²) in [5.41, 5.74) is 18.1. The minimum Gasteiger partial charge on any atom is -0.460 e. The molecule has 0 fully saturated rings. The monoisotopic (exact) mass is 396 g/mol. The quantitative estimate of drug-likeness (QED) is 0.188. The maximum atomic E-state index is 11.8. The fourth-order valence-corrected chi connectivity index (χ4v) is 2.09. The summed E-state index contributed by atoms with van der Waals surface area (Å²) in [6.07, 6.45) is 0. The zero-order valence-electron chi connectivity index (χ0n) is 15.2. The molecule has 0 bridgehead atoms. The van der Waals surface area contributed by atoms with Crippen LogP contribution in [0.2, 0.25) is 0 Å². The highest BCUT2D eigenvalue weighted by Crippen LogP contribution is 2.14. The van der Waals surface area contributed by atoms with Crippen molar-refractivity contribution >= 4 is 23.3 Å². The number of carbonyl (C=O) groups is 2. The molecule has 0 aliphatic heterocycles. The predicted octanol–water partition coefficient (Wildman–Crippen LogP) is 4.60. The molecule has 0 amide bonds. The van der Waals surface area contributed by atoms with Crippen LogP contribution < -0.4 is 0 Å². The molecule has 2 aromatic rings. The van der Waals surface area contributed by atoms with Crippen LogP contribution in [-0.2, 0) is 14.2 Å². The van der Waals surface area contributed by atoms with Crippen molar-refractivity contribution in [3.8, 4) is 0 Å². The highest BCUT2D eigenvalue weighted by Gasteiger charge is 2.08. The molecule has 0 aliphatic carbocycles. The Balaban J connectivity index is 1.60. The average molecular weight is 396 g/mol. The molecule has 2 rings (SSSR count). The molecule has 0 heterocycles. The molecule has 11 heteroatoms. The van der Waals surface area contributed by atoms with E-state index in [-0.39, 0.29) is 26.4 Å². The van der Waals surface area contributed by atoms with Crippen molar-refractivity contribution in [3.05, 3.63) is 80.5 Å². The summed E-state index contributed by atoms with van der Waals surface area (Å²) in [7, 11) is 0. The number of carbonyl (C=O) groups excluding carboxylic acids is 2. The summed E-state index contributed by atoms with van der Waals surface area (Å²) in [6, 6.07) is 12.0. The van der Waals surface area contributed by atoms with E-state index in [4.69, 9.17) is 25.3 Å². The fourth-order valence-electron chi connectivity index (χ4n) is 2.09. The van der Waals surface area contributed by atoms with Crippen LogP contribution in [0.25, 0.3) is 20.9 Å². The Labute approximate surface area is 165 Å². The van der Waals surface area contributed by atoms with Gasteiger partial charge in [-0.1, -0.05) is 34.5 Å². The first-order valence-electron chi connectivity index (χ1n) is 8.36. The lowest BCUT2D eigenvalue weighted by Gasteiger charge is -2.07.